The number of carbonyl (C=O) groups excluding carboxylic acids is 6. The second kappa shape index (κ2) is 18.4. The molecule has 1 saturated carbocycles. The van der Waals surface area contributed by atoms with Crippen molar-refractivity contribution in [3.8, 4) is 0 Å². The first kappa shape index (κ1) is 41.3. The molecule has 13 nitrogen and oxygen atoms in total. The monoisotopic (exact) mass is 709 g/mol. The summed E-state index contributed by atoms with van der Waals surface area (Å²) >= 11 is 0. The Bertz CT molecular complexity index is 1400. The number of aromatic nitrogens is 2. The number of amides is 5. The van der Waals surface area contributed by atoms with Crippen LogP contribution in [0.1, 0.15) is 117 Å². The fourth-order valence-electron chi connectivity index (χ4n) is 7.31. The summed E-state index contributed by atoms with van der Waals surface area (Å²) in [4.78, 5) is 91.8. The fraction of sp³-hybridized carbons (Fsp3) is 0.684. The molecule has 13 heteroatoms. The molecule has 4 N–H and O–H groups in total. The number of ketones is 1. The van der Waals surface area contributed by atoms with Crippen LogP contribution < -0.4 is 21.3 Å². The van der Waals surface area contributed by atoms with Crippen LogP contribution in [-0.2, 0) is 24.0 Å². The van der Waals surface area contributed by atoms with Crippen molar-refractivity contribution in [3.63, 3.8) is 0 Å². The minimum absolute atomic E-state index is 0.0221. The van der Waals surface area contributed by atoms with Gasteiger partial charge in [-0.3, -0.25) is 33.8 Å². The number of likely N-dealkylation sites (tertiary alicyclic amines) is 1. The summed E-state index contributed by atoms with van der Waals surface area (Å²) in [7, 11) is 0. The average molecular weight is 710 g/mol. The predicted molar refractivity (Wildman–Crippen MR) is 194 cm³/mol. The molecule has 1 aromatic heterocycles. The Hall–Kier alpha value is -4.16. The first-order valence-electron chi connectivity index (χ1n) is 18.5. The van der Waals surface area contributed by atoms with Crippen LogP contribution in [-0.4, -0.2) is 87.4 Å². The van der Waals surface area contributed by atoms with Gasteiger partial charge in [-0.15, -0.1) is 6.58 Å². The van der Waals surface area contributed by atoms with Gasteiger partial charge in [0.05, 0.1) is 12.2 Å². The van der Waals surface area contributed by atoms with E-state index >= 15 is 0 Å². The van der Waals surface area contributed by atoms with Gasteiger partial charge in [0.25, 0.3) is 11.8 Å². The van der Waals surface area contributed by atoms with Crippen molar-refractivity contribution in [1.82, 2.24) is 36.1 Å². The molecular weight excluding hydrogens is 650 g/mol. The maximum atomic E-state index is 14.6. The first-order chi connectivity index (χ1) is 24.0. The Morgan fingerprint density at radius 1 is 1.04 bits per heavy atom. The SMILES string of the molecule is C=CCNC(=O)C(=O)C(CCCC)NC(=O)[C@@H]1[C@@H](C(C)C)CCN1C(=O)[C@@H](NC(=O)[C@@H](NC(=O)c1cnccn1)C1(C)CCCCC1)C(C)(C)C. The van der Waals surface area contributed by atoms with Gasteiger partial charge >= 0.3 is 0 Å². The van der Waals surface area contributed by atoms with Gasteiger partial charge < -0.3 is 26.2 Å². The van der Waals surface area contributed by atoms with Crippen molar-refractivity contribution in [2.24, 2.45) is 22.7 Å². The minimum Gasteiger partial charge on any atom is -0.346 e. The van der Waals surface area contributed by atoms with Crippen LogP contribution in [0.15, 0.2) is 31.2 Å². The third-order valence-electron chi connectivity index (χ3n) is 10.4. The number of Topliss-reactive ketones (excluding diaryl/α,β-unsaturated/α-hetero) is 1. The normalized spacial score (nSPS) is 20.4. The van der Waals surface area contributed by atoms with Crippen molar-refractivity contribution in [1.29, 1.82) is 0 Å². The van der Waals surface area contributed by atoms with E-state index in [0.29, 0.717) is 25.7 Å². The quantitative estimate of drug-likeness (QED) is 0.149. The van der Waals surface area contributed by atoms with E-state index in [2.05, 4.69) is 37.8 Å². The molecule has 0 radical (unpaired) electrons. The Kier molecular flexibility index (Phi) is 14.9. The second-order valence-corrected chi connectivity index (χ2v) is 15.8. The van der Waals surface area contributed by atoms with Crippen LogP contribution in [0.2, 0.25) is 0 Å². The lowest BCUT2D eigenvalue weighted by Crippen LogP contribution is -2.63. The molecule has 1 unspecified atom stereocenters. The average Bonchev–Trinajstić information content (AvgIpc) is 3.55. The highest BCUT2D eigenvalue weighted by Gasteiger charge is 2.49. The van der Waals surface area contributed by atoms with Gasteiger partial charge in [-0.05, 0) is 48.3 Å². The molecular formula is C38H59N7O6. The van der Waals surface area contributed by atoms with E-state index in [0.717, 1.165) is 25.7 Å². The third kappa shape index (κ3) is 10.7. The van der Waals surface area contributed by atoms with Gasteiger partial charge in [0, 0.05) is 25.5 Å². The van der Waals surface area contributed by atoms with E-state index in [1.807, 2.05) is 48.5 Å². The van der Waals surface area contributed by atoms with Gasteiger partial charge in [0.15, 0.2) is 0 Å². The summed E-state index contributed by atoms with van der Waals surface area (Å²) in [6, 6.07) is -3.98. The molecule has 5 atom stereocenters. The Morgan fingerprint density at radius 3 is 2.29 bits per heavy atom. The van der Waals surface area contributed by atoms with Gasteiger partial charge in [-0.25, -0.2) is 4.98 Å². The standard InChI is InChI=1S/C38H59N7O6/c1-9-11-15-26(29(46)34(49)41-19-10-2)42-33(48)28-25(24(3)4)16-22-45(28)36(51)31(37(5,6)7)44-35(50)30(38(8)17-13-12-14-18-38)43-32(47)27-23-39-20-21-40-27/h10,20-21,23-26,28,30-31H,2,9,11-19,22H2,1,3-8H3,(H,41,49)(H,42,48)(H,43,47)(H,44,50)/t25-,26?,28+,30-,31-/m1/s1. The lowest BCUT2D eigenvalue weighted by molar-refractivity contribution is -0.146. The first-order valence-corrected chi connectivity index (χ1v) is 18.5. The molecule has 0 aromatic carbocycles. The third-order valence-corrected chi connectivity index (χ3v) is 10.4. The van der Waals surface area contributed by atoms with E-state index in [-0.39, 0.29) is 37.0 Å². The molecule has 2 heterocycles. The molecule has 2 aliphatic rings. The second-order valence-electron chi connectivity index (χ2n) is 15.8. The van der Waals surface area contributed by atoms with Crippen LogP contribution >= 0.6 is 0 Å². The molecule has 0 spiro atoms. The summed E-state index contributed by atoms with van der Waals surface area (Å²) in [5.74, 6) is -3.70. The number of rotatable bonds is 16. The summed E-state index contributed by atoms with van der Waals surface area (Å²) < 4.78 is 0. The number of nitrogens with zero attached hydrogens (tertiary/aromatic N) is 3. The lowest BCUT2D eigenvalue weighted by atomic mass is 9.70. The predicted octanol–water partition coefficient (Wildman–Crippen LogP) is 3.50. The van der Waals surface area contributed by atoms with Crippen LogP contribution in [0.25, 0.3) is 0 Å². The fourth-order valence-corrected chi connectivity index (χ4v) is 7.31. The van der Waals surface area contributed by atoms with Crippen LogP contribution in [0, 0.1) is 22.7 Å². The largest absolute Gasteiger partial charge is 0.346 e. The molecule has 51 heavy (non-hydrogen) atoms. The highest BCUT2D eigenvalue weighted by atomic mass is 16.2. The molecule has 1 saturated heterocycles. The maximum absolute atomic E-state index is 14.6. The van der Waals surface area contributed by atoms with Gasteiger partial charge in [0.2, 0.25) is 23.5 Å². The van der Waals surface area contributed by atoms with Crippen molar-refractivity contribution in [2.45, 2.75) is 130 Å². The highest BCUT2D eigenvalue weighted by Crippen LogP contribution is 2.40. The van der Waals surface area contributed by atoms with Crippen molar-refractivity contribution in [2.75, 3.05) is 13.1 Å². The summed E-state index contributed by atoms with van der Waals surface area (Å²) in [5.41, 5.74) is -1.26. The van der Waals surface area contributed by atoms with E-state index in [1.54, 1.807) is 0 Å². The minimum atomic E-state index is -1.05. The molecule has 3 rings (SSSR count). The number of hydrogen-bond donors (Lipinski definition) is 4. The molecule has 1 aliphatic heterocycles. The summed E-state index contributed by atoms with van der Waals surface area (Å²) in [6.45, 7) is 17.4. The number of hydrogen-bond acceptors (Lipinski definition) is 8. The van der Waals surface area contributed by atoms with Crippen LogP contribution in [0.3, 0.4) is 0 Å². The van der Waals surface area contributed by atoms with E-state index in [1.165, 1.54) is 29.6 Å². The summed E-state index contributed by atoms with van der Waals surface area (Å²) in [5, 5.41) is 11.2. The van der Waals surface area contributed by atoms with Crippen molar-refractivity contribution >= 4 is 35.3 Å². The van der Waals surface area contributed by atoms with Crippen molar-refractivity contribution in [3.05, 3.63) is 36.9 Å². The Morgan fingerprint density at radius 2 is 1.73 bits per heavy atom. The van der Waals surface area contributed by atoms with E-state index in [9.17, 15) is 28.8 Å². The summed E-state index contributed by atoms with van der Waals surface area (Å²) in [6.07, 6.45) is 12.1. The molecule has 1 aromatic rings. The zero-order valence-corrected chi connectivity index (χ0v) is 31.5. The molecule has 1 aliphatic carbocycles. The van der Waals surface area contributed by atoms with E-state index in [4.69, 9.17) is 0 Å². The number of unbranched alkanes of at least 4 members (excludes halogenated alkanes) is 1. The molecule has 282 valence electrons. The zero-order chi connectivity index (χ0) is 37.9. The maximum Gasteiger partial charge on any atom is 0.289 e. The Labute approximate surface area is 303 Å². The zero-order valence-electron chi connectivity index (χ0n) is 31.5. The molecule has 2 fully saturated rings. The van der Waals surface area contributed by atoms with Crippen LogP contribution in [0.5, 0.6) is 0 Å². The van der Waals surface area contributed by atoms with Crippen LogP contribution in [0.4, 0.5) is 0 Å². The van der Waals surface area contributed by atoms with Crippen molar-refractivity contribution < 1.29 is 28.8 Å². The number of carbonyl (C=O) groups is 6. The topological polar surface area (TPSA) is 180 Å². The Balaban J connectivity index is 1.93. The van der Waals surface area contributed by atoms with Gasteiger partial charge in [-0.2, -0.15) is 0 Å². The van der Waals surface area contributed by atoms with Gasteiger partial charge in [0.1, 0.15) is 23.8 Å². The highest BCUT2D eigenvalue weighted by molar-refractivity contribution is 6.38. The molecule has 5 amide bonds. The molecule has 0 bridgehead atoms. The smallest absolute Gasteiger partial charge is 0.289 e. The lowest BCUT2D eigenvalue weighted by Gasteiger charge is -2.42. The van der Waals surface area contributed by atoms with E-state index < -0.39 is 70.3 Å². The van der Waals surface area contributed by atoms with Gasteiger partial charge in [-0.1, -0.05) is 86.6 Å². The number of nitrogens with one attached hydrogen (secondary N) is 4.